The van der Waals surface area contributed by atoms with Crippen LogP contribution in [0.2, 0.25) is 0 Å². The number of hydrogen-bond donors (Lipinski definition) is 0. The average Bonchev–Trinajstić information content (AvgIpc) is 3.10. The molecule has 190 valence electrons. The van der Waals surface area contributed by atoms with Crippen LogP contribution in [-0.4, -0.2) is 0 Å². The summed E-state index contributed by atoms with van der Waals surface area (Å²) in [7, 11) is 0. The second kappa shape index (κ2) is 8.55. The molecule has 0 saturated carbocycles. The molecule has 1 heteroatoms. The first-order valence-corrected chi connectivity index (χ1v) is 13.7. The van der Waals surface area contributed by atoms with E-state index in [1.165, 1.54) is 0 Å². The van der Waals surface area contributed by atoms with Crippen molar-refractivity contribution in [2.45, 2.75) is 0 Å². The van der Waals surface area contributed by atoms with Crippen molar-refractivity contribution in [3.05, 3.63) is 145 Å². The fourth-order valence-corrected chi connectivity index (χ4v) is 6.67. The highest BCUT2D eigenvalue weighted by Crippen LogP contribution is 2.52. The summed E-state index contributed by atoms with van der Waals surface area (Å²) in [5.41, 5.74) is 5.07. The Balaban J connectivity index is 1.51. The third kappa shape index (κ3) is 3.18. The van der Waals surface area contributed by atoms with E-state index in [0.717, 1.165) is 76.8 Å². The summed E-state index contributed by atoms with van der Waals surface area (Å²) in [6, 6.07) is 37.5. The zero-order valence-corrected chi connectivity index (χ0v) is 21.9. The lowest BCUT2D eigenvalue weighted by atomic mass is 9.82. The van der Waals surface area contributed by atoms with E-state index < -0.39 is 6.04 Å². The van der Waals surface area contributed by atoms with Gasteiger partial charge in [-0.3, -0.25) is 0 Å². The molecule has 0 spiro atoms. The molecule has 0 aromatic heterocycles. The van der Waals surface area contributed by atoms with Gasteiger partial charge in [-0.05, 0) is 83.7 Å². The van der Waals surface area contributed by atoms with Gasteiger partial charge >= 0.3 is 0 Å². The summed E-state index contributed by atoms with van der Waals surface area (Å²) in [5.74, 6) is 1.64. The second-order valence-electron chi connectivity index (χ2n) is 10.4. The molecule has 41 heavy (non-hydrogen) atoms. The molecular formula is C40H24O. The summed E-state index contributed by atoms with van der Waals surface area (Å²) >= 11 is 0. The largest absolute Gasteiger partial charge is 0.456 e. The van der Waals surface area contributed by atoms with Gasteiger partial charge < -0.3 is 4.74 Å². The van der Waals surface area contributed by atoms with E-state index in [1.807, 2.05) is 60.7 Å². The molecule has 1 aliphatic rings. The summed E-state index contributed by atoms with van der Waals surface area (Å²) < 4.78 is 49.6. The van der Waals surface area contributed by atoms with Gasteiger partial charge in [0.05, 0.1) is 6.85 Å². The van der Waals surface area contributed by atoms with E-state index in [-0.39, 0.29) is 29.7 Å². The van der Waals surface area contributed by atoms with Crippen LogP contribution in [0.5, 0.6) is 11.5 Å². The Bertz CT molecular complexity index is 2600. The van der Waals surface area contributed by atoms with Gasteiger partial charge in [-0.25, -0.2) is 0 Å². The molecule has 0 N–H and O–H groups in total. The Kier molecular flexibility index (Phi) is 3.76. The van der Waals surface area contributed by atoms with Gasteiger partial charge in [-0.15, -0.1) is 0 Å². The molecular weight excluding hydrogens is 496 g/mol. The van der Waals surface area contributed by atoms with Crippen LogP contribution < -0.4 is 4.74 Å². The van der Waals surface area contributed by atoms with Crippen molar-refractivity contribution in [1.82, 2.24) is 0 Å². The monoisotopic (exact) mass is 525 g/mol. The predicted octanol–water partition coefficient (Wildman–Crippen LogP) is 11.4. The van der Waals surface area contributed by atoms with Crippen LogP contribution in [0.1, 0.15) is 6.85 Å². The molecule has 8 aromatic carbocycles. The molecule has 0 radical (unpaired) electrons. The van der Waals surface area contributed by atoms with E-state index in [4.69, 9.17) is 11.6 Å². The molecule has 0 saturated heterocycles. The van der Waals surface area contributed by atoms with Crippen molar-refractivity contribution in [1.29, 1.82) is 0 Å². The van der Waals surface area contributed by atoms with Gasteiger partial charge in [0.1, 0.15) is 11.5 Å². The standard InChI is InChI=1S/C40H24O/c1-2-12-26(13-3-1)37-30-16-6-7-17-32(30)40(39-27-14-5-4-11-25(27)21-22-34(37)39)33-23-24-36-38-29(18-10-19-31(33)38)28-15-8-9-20-35(28)41-36/h1-24H/i1D,2D,3D,12D,13D. The second-order valence-corrected chi connectivity index (χ2v) is 10.4. The van der Waals surface area contributed by atoms with E-state index >= 15 is 0 Å². The van der Waals surface area contributed by atoms with Gasteiger partial charge in [-0.2, -0.15) is 0 Å². The van der Waals surface area contributed by atoms with Crippen molar-refractivity contribution in [3.8, 4) is 44.9 Å². The predicted molar refractivity (Wildman–Crippen MR) is 173 cm³/mol. The molecule has 1 heterocycles. The highest BCUT2D eigenvalue weighted by molar-refractivity contribution is 6.30. The van der Waals surface area contributed by atoms with Crippen LogP contribution in [0, 0.1) is 0 Å². The minimum atomic E-state index is -0.401. The number of benzene rings is 8. The first-order valence-electron chi connectivity index (χ1n) is 16.2. The van der Waals surface area contributed by atoms with Crippen LogP contribution in [0.4, 0.5) is 0 Å². The molecule has 1 nitrogen and oxygen atoms in total. The number of ether oxygens (including phenoxy) is 1. The summed E-state index contributed by atoms with van der Waals surface area (Å²) in [5, 5.41) is 7.73. The van der Waals surface area contributed by atoms with E-state index in [1.54, 1.807) is 0 Å². The van der Waals surface area contributed by atoms with E-state index in [0.29, 0.717) is 5.56 Å². The van der Waals surface area contributed by atoms with Crippen molar-refractivity contribution in [3.63, 3.8) is 0 Å². The zero-order valence-electron chi connectivity index (χ0n) is 26.9. The van der Waals surface area contributed by atoms with Crippen LogP contribution in [-0.2, 0) is 0 Å². The number of rotatable bonds is 2. The highest BCUT2D eigenvalue weighted by atomic mass is 16.5. The Morgan fingerprint density at radius 2 is 1.12 bits per heavy atom. The maximum absolute atomic E-state index is 8.96. The zero-order chi connectivity index (χ0) is 31.3. The van der Waals surface area contributed by atoms with Crippen LogP contribution in [0.15, 0.2) is 145 Å². The smallest absolute Gasteiger partial charge is 0.135 e. The number of para-hydroxylation sites is 1. The first-order chi connectivity index (χ1) is 22.4. The summed E-state index contributed by atoms with van der Waals surface area (Å²) in [6.07, 6.45) is 0. The van der Waals surface area contributed by atoms with Crippen LogP contribution >= 0.6 is 0 Å². The van der Waals surface area contributed by atoms with E-state index in [9.17, 15) is 0 Å². The third-order valence-electron chi connectivity index (χ3n) is 8.33. The maximum atomic E-state index is 8.96. The normalized spacial score (nSPS) is 13.8. The van der Waals surface area contributed by atoms with Gasteiger partial charge in [0.2, 0.25) is 0 Å². The van der Waals surface area contributed by atoms with Crippen LogP contribution in [0.25, 0.3) is 76.5 Å². The summed E-state index contributed by atoms with van der Waals surface area (Å²) in [4.78, 5) is 0. The SMILES string of the molecule is [2H]c1c([2H])c([2H])c(-c2c3ccccc3c(-c3ccc4c5c(cccc35)-c3ccccc3O4)c3c2ccc2ccccc23)c([2H])c1[2H]. The van der Waals surface area contributed by atoms with Crippen molar-refractivity contribution in [2.24, 2.45) is 0 Å². The first kappa shape index (κ1) is 18.0. The van der Waals surface area contributed by atoms with Crippen molar-refractivity contribution < 1.29 is 11.6 Å². The fraction of sp³-hybridized carbons (Fsp3) is 0. The molecule has 0 amide bonds. The van der Waals surface area contributed by atoms with Gasteiger partial charge in [0, 0.05) is 10.9 Å². The van der Waals surface area contributed by atoms with Crippen LogP contribution in [0.3, 0.4) is 0 Å². The lowest BCUT2D eigenvalue weighted by Gasteiger charge is -2.24. The topological polar surface area (TPSA) is 9.23 Å². The van der Waals surface area contributed by atoms with Gasteiger partial charge in [-0.1, -0.05) is 127 Å². The quantitative estimate of drug-likeness (QED) is 0.161. The fourth-order valence-electron chi connectivity index (χ4n) is 6.67. The minimum Gasteiger partial charge on any atom is -0.456 e. The molecule has 1 aliphatic heterocycles. The molecule has 0 aliphatic carbocycles. The Morgan fingerprint density at radius 1 is 0.415 bits per heavy atom. The maximum Gasteiger partial charge on any atom is 0.135 e. The molecule has 0 unspecified atom stereocenters. The van der Waals surface area contributed by atoms with Crippen molar-refractivity contribution in [2.75, 3.05) is 0 Å². The average molecular weight is 526 g/mol. The molecule has 0 atom stereocenters. The molecule has 0 fully saturated rings. The lowest BCUT2D eigenvalue weighted by Crippen LogP contribution is -1.98. The lowest BCUT2D eigenvalue weighted by molar-refractivity contribution is 0.487. The van der Waals surface area contributed by atoms with Gasteiger partial charge in [0.25, 0.3) is 0 Å². The highest BCUT2D eigenvalue weighted by Gasteiger charge is 2.24. The van der Waals surface area contributed by atoms with Crippen molar-refractivity contribution >= 4 is 43.1 Å². The Morgan fingerprint density at radius 3 is 2.00 bits per heavy atom. The molecule has 0 bridgehead atoms. The minimum absolute atomic E-state index is 0.205. The Hall–Kier alpha value is -5.40. The van der Waals surface area contributed by atoms with E-state index in [2.05, 4.69) is 54.6 Å². The number of fused-ring (bicyclic) bond motifs is 6. The third-order valence-corrected chi connectivity index (χ3v) is 8.33. The Labute approximate surface area is 244 Å². The van der Waals surface area contributed by atoms with Gasteiger partial charge in [0.15, 0.2) is 0 Å². The molecule has 8 aromatic rings. The molecule has 9 rings (SSSR count). The number of hydrogen-bond acceptors (Lipinski definition) is 1. The summed E-state index contributed by atoms with van der Waals surface area (Å²) in [6.45, 7) is 0.